The number of amides is 1. The molecule has 1 N–H and O–H groups in total. The summed E-state index contributed by atoms with van der Waals surface area (Å²) in [6, 6.07) is 13.5. The van der Waals surface area contributed by atoms with Crippen LogP contribution < -0.4 is 5.32 Å². The van der Waals surface area contributed by atoms with Gasteiger partial charge in [-0.2, -0.15) is 0 Å². The number of ketones is 1. The Balaban J connectivity index is 2.06. The summed E-state index contributed by atoms with van der Waals surface area (Å²) in [5.41, 5.74) is 2.62. The summed E-state index contributed by atoms with van der Waals surface area (Å²) in [6.07, 6.45) is 1.93. The number of Topliss-reactive ketones (excluding diaryl/α,β-unsaturated/α-hetero) is 1. The van der Waals surface area contributed by atoms with E-state index in [1.165, 1.54) is 36.0 Å². The normalized spacial score (nSPS) is 10.4. The fourth-order valence-corrected chi connectivity index (χ4v) is 3.40. The van der Waals surface area contributed by atoms with Gasteiger partial charge >= 0.3 is 0 Å². The highest BCUT2D eigenvalue weighted by Gasteiger charge is 2.11. The molecule has 0 bridgehead atoms. The lowest BCUT2D eigenvalue weighted by molar-refractivity contribution is -0.114. The van der Waals surface area contributed by atoms with Crippen molar-refractivity contribution in [3.63, 3.8) is 0 Å². The van der Waals surface area contributed by atoms with Gasteiger partial charge in [-0.1, -0.05) is 17.7 Å². The third-order valence-electron chi connectivity index (χ3n) is 3.23. The third-order valence-corrected chi connectivity index (χ3v) is 5.01. The second-order valence-electron chi connectivity index (χ2n) is 5.12. The predicted molar refractivity (Wildman–Crippen MR) is 98.8 cm³/mol. The van der Waals surface area contributed by atoms with E-state index in [2.05, 4.69) is 5.32 Å². The maximum Gasteiger partial charge on any atom is 0.221 e. The van der Waals surface area contributed by atoms with Crippen LogP contribution >= 0.6 is 23.5 Å². The molecule has 0 spiro atoms. The molecule has 0 aliphatic heterocycles. The Bertz CT molecular complexity index is 711. The standard InChI is InChI=1S/C18H19NO2S2/c1-12-4-7-15(8-5-12)23-11-17(21)14-6-9-16(19-13(2)20)18(10-14)22-3/h4-10H,11H2,1-3H3,(H,19,20). The maximum absolute atomic E-state index is 12.4. The van der Waals surface area contributed by atoms with Crippen molar-refractivity contribution in [2.24, 2.45) is 0 Å². The van der Waals surface area contributed by atoms with E-state index >= 15 is 0 Å². The van der Waals surface area contributed by atoms with Crippen molar-refractivity contribution in [3.05, 3.63) is 53.6 Å². The molecular formula is C18H19NO2S2. The first-order valence-electron chi connectivity index (χ1n) is 7.18. The van der Waals surface area contributed by atoms with Crippen molar-refractivity contribution in [2.45, 2.75) is 23.6 Å². The highest BCUT2D eigenvalue weighted by Crippen LogP contribution is 2.28. The van der Waals surface area contributed by atoms with Crippen LogP contribution in [0.4, 0.5) is 5.69 Å². The predicted octanol–water partition coefficient (Wildman–Crippen LogP) is 4.65. The molecule has 1 amide bonds. The number of hydrogen-bond acceptors (Lipinski definition) is 4. The third kappa shape index (κ3) is 5.15. The molecule has 0 aliphatic carbocycles. The Morgan fingerprint density at radius 3 is 2.39 bits per heavy atom. The summed E-state index contributed by atoms with van der Waals surface area (Å²) >= 11 is 3.05. The molecule has 2 aromatic carbocycles. The van der Waals surface area contributed by atoms with E-state index < -0.39 is 0 Å². The van der Waals surface area contributed by atoms with E-state index in [0.29, 0.717) is 11.3 Å². The second-order valence-corrected chi connectivity index (χ2v) is 7.02. The van der Waals surface area contributed by atoms with Crippen LogP contribution in [0.15, 0.2) is 52.3 Å². The van der Waals surface area contributed by atoms with Crippen LogP contribution in [0.2, 0.25) is 0 Å². The number of thioether (sulfide) groups is 2. The monoisotopic (exact) mass is 345 g/mol. The van der Waals surface area contributed by atoms with Crippen LogP contribution in [0.3, 0.4) is 0 Å². The van der Waals surface area contributed by atoms with Gasteiger partial charge in [-0.05, 0) is 43.5 Å². The lowest BCUT2D eigenvalue weighted by Gasteiger charge is -2.10. The first-order valence-corrected chi connectivity index (χ1v) is 9.39. The summed E-state index contributed by atoms with van der Waals surface area (Å²) in [5.74, 6) is 0.366. The molecule has 0 heterocycles. The molecule has 0 aliphatic rings. The zero-order valence-electron chi connectivity index (χ0n) is 13.4. The van der Waals surface area contributed by atoms with Crippen LogP contribution in [0.25, 0.3) is 0 Å². The molecule has 5 heteroatoms. The Kier molecular flexibility index (Phi) is 6.30. The number of nitrogens with one attached hydrogen (secondary N) is 1. The topological polar surface area (TPSA) is 46.2 Å². The lowest BCUT2D eigenvalue weighted by Crippen LogP contribution is -2.08. The number of carbonyl (C=O) groups excluding carboxylic acids is 2. The number of aryl methyl sites for hydroxylation is 1. The van der Waals surface area contributed by atoms with Gasteiger partial charge in [0.2, 0.25) is 5.91 Å². The molecule has 0 saturated heterocycles. The van der Waals surface area contributed by atoms with E-state index in [1.54, 1.807) is 12.1 Å². The number of carbonyl (C=O) groups is 2. The highest BCUT2D eigenvalue weighted by molar-refractivity contribution is 8.00. The smallest absolute Gasteiger partial charge is 0.221 e. The summed E-state index contributed by atoms with van der Waals surface area (Å²) < 4.78 is 0. The van der Waals surface area contributed by atoms with Gasteiger partial charge in [-0.25, -0.2) is 0 Å². The van der Waals surface area contributed by atoms with Gasteiger partial charge in [0.15, 0.2) is 5.78 Å². The minimum absolute atomic E-state index is 0.0836. The van der Waals surface area contributed by atoms with Gasteiger partial charge in [0, 0.05) is 22.3 Å². The molecule has 0 atom stereocenters. The number of rotatable bonds is 6. The molecular weight excluding hydrogens is 326 g/mol. The van der Waals surface area contributed by atoms with E-state index in [1.807, 2.05) is 43.5 Å². The quantitative estimate of drug-likeness (QED) is 0.611. The first kappa shape index (κ1) is 17.6. The van der Waals surface area contributed by atoms with Crippen LogP contribution in [-0.4, -0.2) is 23.7 Å². The molecule has 2 rings (SSSR count). The molecule has 120 valence electrons. The molecule has 0 radical (unpaired) electrons. The minimum atomic E-state index is -0.116. The van der Waals surface area contributed by atoms with Crippen molar-refractivity contribution in [3.8, 4) is 0 Å². The number of hydrogen-bond donors (Lipinski definition) is 1. The van der Waals surface area contributed by atoms with Gasteiger partial charge in [0.1, 0.15) is 0 Å². The fourth-order valence-electron chi connectivity index (χ4n) is 2.02. The van der Waals surface area contributed by atoms with Gasteiger partial charge in [-0.15, -0.1) is 23.5 Å². The fraction of sp³-hybridized carbons (Fsp3) is 0.222. The van der Waals surface area contributed by atoms with Crippen LogP contribution in [-0.2, 0) is 4.79 Å². The minimum Gasteiger partial charge on any atom is -0.325 e. The highest BCUT2D eigenvalue weighted by atomic mass is 32.2. The van der Waals surface area contributed by atoms with Gasteiger partial charge in [0.05, 0.1) is 11.4 Å². The first-order chi connectivity index (χ1) is 11.0. The molecule has 3 nitrogen and oxygen atoms in total. The summed E-state index contributed by atoms with van der Waals surface area (Å²) in [6.45, 7) is 3.52. The van der Waals surface area contributed by atoms with E-state index in [0.717, 1.165) is 15.5 Å². The molecule has 23 heavy (non-hydrogen) atoms. The van der Waals surface area contributed by atoms with Crippen molar-refractivity contribution in [1.82, 2.24) is 0 Å². The second kappa shape index (κ2) is 8.22. The summed E-state index contributed by atoms with van der Waals surface area (Å²) in [5, 5.41) is 2.78. The molecule has 2 aromatic rings. The van der Waals surface area contributed by atoms with E-state index in [4.69, 9.17) is 0 Å². The van der Waals surface area contributed by atoms with Crippen LogP contribution in [0.1, 0.15) is 22.8 Å². The van der Waals surface area contributed by atoms with E-state index in [-0.39, 0.29) is 11.7 Å². The Morgan fingerprint density at radius 1 is 1.09 bits per heavy atom. The van der Waals surface area contributed by atoms with Crippen LogP contribution in [0.5, 0.6) is 0 Å². The SMILES string of the molecule is CSc1cc(C(=O)CSc2ccc(C)cc2)ccc1NC(C)=O. The Morgan fingerprint density at radius 2 is 1.78 bits per heavy atom. The average molecular weight is 345 g/mol. The number of benzene rings is 2. The zero-order chi connectivity index (χ0) is 16.8. The van der Waals surface area contributed by atoms with Crippen molar-refractivity contribution < 1.29 is 9.59 Å². The zero-order valence-corrected chi connectivity index (χ0v) is 15.0. The Labute approximate surface area is 145 Å². The van der Waals surface area contributed by atoms with E-state index in [9.17, 15) is 9.59 Å². The average Bonchev–Trinajstić information content (AvgIpc) is 2.54. The largest absolute Gasteiger partial charge is 0.325 e. The lowest BCUT2D eigenvalue weighted by atomic mass is 10.1. The maximum atomic E-state index is 12.4. The molecule has 0 fully saturated rings. The van der Waals surface area contributed by atoms with Gasteiger partial charge in [-0.3, -0.25) is 9.59 Å². The number of anilines is 1. The van der Waals surface area contributed by atoms with Gasteiger partial charge < -0.3 is 5.32 Å². The Hall–Kier alpha value is -1.72. The summed E-state index contributed by atoms with van der Waals surface area (Å²) in [7, 11) is 0. The van der Waals surface area contributed by atoms with Gasteiger partial charge in [0.25, 0.3) is 0 Å². The summed E-state index contributed by atoms with van der Waals surface area (Å²) in [4.78, 5) is 25.5. The molecule has 0 unspecified atom stereocenters. The molecule has 0 aromatic heterocycles. The van der Waals surface area contributed by atoms with Crippen LogP contribution in [0, 0.1) is 6.92 Å². The van der Waals surface area contributed by atoms with Crippen molar-refractivity contribution >= 4 is 40.9 Å². The molecule has 0 saturated carbocycles. The van der Waals surface area contributed by atoms with Crippen molar-refractivity contribution in [1.29, 1.82) is 0 Å². The van der Waals surface area contributed by atoms with Crippen molar-refractivity contribution in [2.75, 3.05) is 17.3 Å².